The molecule has 1 aromatic heterocycles. The molecule has 0 bridgehead atoms. The zero-order valence-electron chi connectivity index (χ0n) is 16.7. The predicted octanol–water partition coefficient (Wildman–Crippen LogP) is 2.08. The fraction of sp³-hybridized carbons (Fsp3) is 0.182. The molecule has 0 aliphatic carbocycles. The summed E-state index contributed by atoms with van der Waals surface area (Å²) in [5.41, 5.74) is 2.18. The van der Waals surface area contributed by atoms with E-state index in [0.717, 1.165) is 5.56 Å². The van der Waals surface area contributed by atoms with Crippen molar-refractivity contribution in [1.82, 2.24) is 15.0 Å². The zero-order chi connectivity index (χ0) is 21.8. The summed E-state index contributed by atoms with van der Waals surface area (Å²) >= 11 is 0. The Morgan fingerprint density at radius 2 is 1.94 bits per heavy atom. The topological polar surface area (TPSA) is 118 Å². The monoisotopic (exact) mass is 420 g/mol. The molecule has 0 atom stereocenters. The van der Waals surface area contributed by atoms with Gasteiger partial charge in [-0.15, -0.1) is 0 Å². The van der Waals surface area contributed by atoms with Crippen LogP contribution in [0.15, 0.2) is 70.4 Å². The third kappa shape index (κ3) is 4.03. The minimum Gasteiger partial charge on any atom is -0.466 e. The molecule has 0 unspecified atom stereocenters. The Morgan fingerprint density at radius 1 is 1.19 bits per heavy atom. The van der Waals surface area contributed by atoms with Gasteiger partial charge in [0.15, 0.2) is 0 Å². The van der Waals surface area contributed by atoms with Crippen molar-refractivity contribution in [3.8, 4) is 22.8 Å². The highest BCUT2D eigenvalue weighted by Gasteiger charge is 2.35. The standard InChI is InChI=1S/C22H20N4O5/c1-30-22(29)16-13-26(11-12-27)21(28)18(16)23-17-10-6-5-9-15(17)20-24-19(25-31-20)14-7-3-2-4-8-14/h2-10,23,27H,11-13H2,1H3. The van der Waals surface area contributed by atoms with Crippen molar-refractivity contribution in [2.45, 2.75) is 0 Å². The Morgan fingerprint density at radius 3 is 2.68 bits per heavy atom. The Hall–Kier alpha value is -3.98. The first-order chi connectivity index (χ1) is 15.1. The van der Waals surface area contributed by atoms with Crippen LogP contribution in [-0.4, -0.2) is 58.8 Å². The highest BCUT2D eigenvalue weighted by molar-refractivity contribution is 6.09. The predicted molar refractivity (Wildman–Crippen MR) is 112 cm³/mol. The fourth-order valence-corrected chi connectivity index (χ4v) is 3.30. The van der Waals surface area contributed by atoms with Gasteiger partial charge in [-0.3, -0.25) is 4.79 Å². The van der Waals surface area contributed by atoms with Gasteiger partial charge in [-0.1, -0.05) is 47.6 Å². The van der Waals surface area contributed by atoms with E-state index < -0.39 is 11.9 Å². The lowest BCUT2D eigenvalue weighted by Gasteiger charge is -2.15. The highest BCUT2D eigenvalue weighted by Crippen LogP contribution is 2.31. The van der Waals surface area contributed by atoms with Gasteiger partial charge in [-0.25, -0.2) is 4.79 Å². The Balaban J connectivity index is 1.68. The molecule has 0 fully saturated rings. The number of hydrogen-bond donors (Lipinski definition) is 2. The quantitative estimate of drug-likeness (QED) is 0.558. The van der Waals surface area contributed by atoms with Crippen LogP contribution in [0.2, 0.25) is 0 Å². The van der Waals surface area contributed by atoms with E-state index in [-0.39, 0.29) is 36.9 Å². The third-order valence-electron chi connectivity index (χ3n) is 4.83. The second-order valence-corrected chi connectivity index (χ2v) is 6.76. The number of carbonyl (C=O) groups is 2. The largest absolute Gasteiger partial charge is 0.466 e. The number of esters is 1. The van der Waals surface area contributed by atoms with Crippen LogP contribution >= 0.6 is 0 Å². The molecule has 9 nitrogen and oxygen atoms in total. The highest BCUT2D eigenvalue weighted by atomic mass is 16.5. The minimum atomic E-state index is -0.613. The second kappa shape index (κ2) is 8.80. The lowest BCUT2D eigenvalue weighted by Crippen LogP contribution is -2.31. The number of rotatable bonds is 7. The van der Waals surface area contributed by atoms with Crippen LogP contribution in [-0.2, 0) is 14.3 Å². The molecule has 31 heavy (non-hydrogen) atoms. The molecule has 158 valence electrons. The van der Waals surface area contributed by atoms with Crippen LogP contribution in [0.4, 0.5) is 5.69 Å². The van der Waals surface area contributed by atoms with Gasteiger partial charge in [0.2, 0.25) is 5.82 Å². The molecule has 2 heterocycles. The van der Waals surface area contributed by atoms with Gasteiger partial charge < -0.3 is 24.6 Å². The van der Waals surface area contributed by atoms with Gasteiger partial charge in [0, 0.05) is 12.1 Å². The molecule has 9 heteroatoms. The summed E-state index contributed by atoms with van der Waals surface area (Å²) in [6.07, 6.45) is 0. The van der Waals surface area contributed by atoms with Crippen LogP contribution in [0.25, 0.3) is 22.8 Å². The molecular formula is C22H20N4O5. The average molecular weight is 420 g/mol. The van der Waals surface area contributed by atoms with Gasteiger partial charge in [-0.2, -0.15) is 4.98 Å². The van der Waals surface area contributed by atoms with E-state index in [1.807, 2.05) is 30.3 Å². The summed E-state index contributed by atoms with van der Waals surface area (Å²) in [5, 5.41) is 16.3. The first kappa shape index (κ1) is 20.3. The number of aliphatic hydroxyl groups is 1. The molecule has 2 N–H and O–H groups in total. The van der Waals surface area contributed by atoms with Crippen molar-refractivity contribution in [2.75, 3.05) is 32.1 Å². The number of anilines is 1. The molecule has 0 radical (unpaired) electrons. The van der Waals surface area contributed by atoms with Crippen LogP contribution < -0.4 is 5.32 Å². The molecule has 0 spiro atoms. The normalized spacial score (nSPS) is 13.6. The number of carbonyl (C=O) groups excluding carboxylic acids is 2. The number of methoxy groups -OCH3 is 1. The van der Waals surface area contributed by atoms with Crippen LogP contribution in [0.5, 0.6) is 0 Å². The van der Waals surface area contributed by atoms with Crippen molar-refractivity contribution < 1.29 is 24.0 Å². The maximum Gasteiger partial charge on any atom is 0.337 e. The number of benzene rings is 2. The summed E-state index contributed by atoms with van der Waals surface area (Å²) < 4.78 is 10.3. The first-order valence-electron chi connectivity index (χ1n) is 9.59. The Kier molecular flexibility index (Phi) is 5.76. The van der Waals surface area contributed by atoms with Crippen molar-refractivity contribution >= 4 is 17.6 Å². The van der Waals surface area contributed by atoms with Crippen LogP contribution in [0, 0.1) is 0 Å². The summed E-state index contributed by atoms with van der Waals surface area (Å²) in [6.45, 7) is -0.0557. The maximum atomic E-state index is 12.8. The van der Waals surface area contributed by atoms with Gasteiger partial charge in [0.05, 0.1) is 37.1 Å². The number of hydrogen-bond acceptors (Lipinski definition) is 8. The summed E-state index contributed by atoms with van der Waals surface area (Å²) in [5.74, 6) is -0.316. The first-order valence-corrected chi connectivity index (χ1v) is 9.59. The molecule has 0 saturated heterocycles. The summed E-state index contributed by atoms with van der Waals surface area (Å²) in [7, 11) is 1.25. The number of para-hydroxylation sites is 1. The number of amides is 1. The minimum absolute atomic E-state index is 0.0509. The maximum absolute atomic E-state index is 12.8. The molecule has 4 rings (SSSR count). The summed E-state index contributed by atoms with van der Waals surface area (Å²) in [6, 6.07) is 16.5. The number of β-amino-alcohol motifs (C(OH)–C–C–N with tert-alkyl or cyclic N) is 1. The fourth-order valence-electron chi connectivity index (χ4n) is 3.30. The second-order valence-electron chi connectivity index (χ2n) is 6.76. The molecular weight excluding hydrogens is 400 g/mol. The molecule has 1 aliphatic rings. The SMILES string of the molecule is COC(=O)C1=C(Nc2ccccc2-c2nc(-c3ccccc3)no2)C(=O)N(CCO)C1. The number of nitrogens with one attached hydrogen (secondary N) is 1. The van der Waals surface area contributed by atoms with Gasteiger partial charge in [-0.05, 0) is 12.1 Å². The van der Waals surface area contributed by atoms with E-state index in [2.05, 4.69) is 15.5 Å². The van der Waals surface area contributed by atoms with E-state index in [9.17, 15) is 14.7 Å². The van der Waals surface area contributed by atoms with Crippen molar-refractivity contribution in [3.63, 3.8) is 0 Å². The molecule has 1 aliphatic heterocycles. The van der Waals surface area contributed by atoms with Crippen molar-refractivity contribution in [2.24, 2.45) is 0 Å². The van der Waals surface area contributed by atoms with E-state index in [4.69, 9.17) is 9.26 Å². The van der Waals surface area contributed by atoms with Crippen LogP contribution in [0.3, 0.4) is 0 Å². The van der Waals surface area contributed by atoms with E-state index in [1.54, 1.807) is 24.3 Å². The Labute approximate surface area is 177 Å². The van der Waals surface area contributed by atoms with E-state index >= 15 is 0 Å². The molecule has 1 amide bonds. The zero-order valence-corrected chi connectivity index (χ0v) is 16.7. The number of aromatic nitrogens is 2. The number of ether oxygens (including phenoxy) is 1. The van der Waals surface area contributed by atoms with Gasteiger partial charge in [0.25, 0.3) is 11.8 Å². The van der Waals surface area contributed by atoms with E-state index in [1.165, 1.54) is 12.0 Å². The Bertz CT molecular complexity index is 1140. The molecule has 0 saturated carbocycles. The van der Waals surface area contributed by atoms with Gasteiger partial charge in [0.1, 0.15) is 5.70 Å². The smallest absolute Gasteiger partial charge is 0.337 e. The molecule has 3 aromatic rings. The number of nitrogens with zero attached hydrogens (tertiary/aromatic N) is 3. The third-order valence-corrected chi connectivity index (χ3v) is 4.83. The van der Waals surface area contributed by atoms with Crippen molar-refractivity contribution in [3.05, 3.63) is 65.9 Å². The lowest BCUT2D eigenvalue weighted by molar-refractivity contribution is -0.136. The van der Waals surface area contributed by atoms with Crippen LogP contribution in [0.1, 0.15) is 0 Å². The molecule has 2 aromatic carbocycles. The van der Waals surface area contributed by atoms with Crippen molar-refractivity contribution in [1.29, 1.82) is 0 Å². The van der Waals surface area contributed by atoms with Gasteiger partial charge >= 0.3 is 5.97 Å². The number of aliphatic hydroxyl groups excluding tert-OH is 1. The lowest BCUT2D eigenvalue weighted by atomic mass is 10.1. The average Bonchev–Trinajstić information content (AvgIpc) is 3.41. The van der Waals surface area contributed by atoms with E-state index in [0.29, 0.717) is 17.1 Å². The summed E-state index contributed by atoms with van der Waals surface area (Å²) in [4.78, 5) is 30.9.